The van der Waals surface area contributed by atoms with Crippen molar-refractivity contribution in [3.8, 4) is 11.8 Å². The molecule has 1 N–H and O–H groups in total. The highest BCUT2D eigenvalue weighted by molar-refractivity contribution is 5.96. The Morgan fingerprint density at radius 1 is 1.79 bits per heavy atom. The van der Waals surface area contributed by atoms with Crippen LogP contribution in [-0.2, 0) is 0 Å². The van der Waals surface area contributed by atoms with Crippen molar-refractivity contribution in [2.24, 2.45) is 0 Å². The molecule has 0 aromatic carbocycles. The molecule has 1 amide bonds. The number of pyridine rings is 1. The maximum atomic E-state index is 11.4. The van der Waals surface area contributed by atoms with E-state index in [0.29, 0.717) is 11.3 Å². The van der Waals surface area contributed by atoms with Crippen molar-refractivity contribution in [1.82, 2.24) is 10.3 Å². The lowest BCUT2D eigenvalue weighted by Crippen LogP contribution is -2.24. The molecule has 0 unspecified atom stereocenters. The summed E-state index contributed by atoms with van der Waals surface area (Å²) in [7, 11) is 1.46. The van der Waals surface area contributed by atoms with Crippen LogP contribution < -0.4 is 10.1 Å². The van der Waals surface area contributed by atoms with Gasteiger partial charge in [0.05, 0.1) is 24.9 Å². The van der Waals surface area contributed by atoms with Crippen molar-refractivity contribution in [3.63, 3.8) is 0 Å². The van der Waals surface area contributed by atoms with Crippen LogP contribution in [0.4, 0.5) is 0 Å². The van der Waals surface area contributed by atoms with Crippen LogP contribution >= 0.6 is 0 Å². The molecule has 0 aliphatic heterocycles. The van der Waals surface area contributed by atoms with Crippen molar-refractivity contribution in [2.75, 3.05) is 13.7 Å². The number of nitrogens with zero attached hydrogens (tertiary/aromatic N) is 2. The molecule has 72 valence electrons. The predicted molar refractivity (Wildman–Crippen MR) is 48.7 cm³/mol. The first-order chi connectivity index (χ1) is 6.79. The lowest BCUT2D eigenvalue weighted by atomic mass is 10.2. The molecule has 0 radical (unpaired) electrons. The number of carbonyl (C=O) groups excluding carboxylic acids is 1. The lowest BCUT2D eigenvalue weighted by Gasteiger charge is -2.05. The summed E-state index contributed by atoms with van der Waals surface area (Å²) in [4.78, 5) is 15.2. The zero-order valence-corrected chi connectivity index (χ0v) is 7.65. The Balaban J connectivity index is 2.84. The number of nitrogens with one attached hydrogen (secondary N) is 1. The number of amides is 1. The second kappa shape index (κ2) is 4.82. The Morgan fingerprint density at radius 3 is 3.21 bits per heavy atom. The largest absolute Gasteiger partial charge is 0.494 e. The van der Waals surface area contributed by atoms with E-state index in [9.17, 15) is 4.79 Å². The number of nitriles is 1. The molecule has 1 rings (SSSR count). The van der Waals surface area contributed by atoms with Crippen molar-refractivity contribution in [3.05, 3.63) is 24.0 Å². The van der Waals surface area contributed by atoms with Crippen LogP contribution in [0, 0.1) is 11.3 Å². The Labute approximate surface area is 81.3 Å². The summed E-state index contributed by atoms with van der Waals surface area (Å²) < 4.78 is 4.94. The number of hydrogen-bond donors (Lipinski definition) is 1. The second-order valence-electron chi connectivity index (χ2n) is 2.42. The van der Waals surface area contributed by atoms with E-state index in [0.717, 1.165) is 0 Å². The van der Waals surface area contributed by atoms with Crippen LogP contribution in [0.1, 0.15) is 10.4 Å². The summed E-state index contributed by atoms with van der Waals surface area (Å²) in [6.45, 7) is -0.0235. The molecule has 5 nitrogen and oxygen atoms in total. The Bertz CT molecular complexity index is 371. The zero-order valence-electron chi connectivity index (χ0n) is 7.65. The van der Waals surface area contributed by atoms with E-state index in [1.54, 1.807) is 0 Å². The SMILES string of the molecule is COc1cnccc1C(=O)NCC#N. The van der Waals surface area contributed by atoms with E-state index in [1.165, 1.54) is 25.6 Å². The number of ether oxygens (including phenoxy) is 1. The molecule has 0 aliphatic rings. The average Bonchev–Trinajstić information content (AvgIpc) is 2.25. The minimum atomic E-state index is -0.342. The maximum absolute atomic E-state index is 11.4. The van der Waals surface area contributed by atoms with Crippen LogP contribution in [0.2, 0.25) is 0 Å². The van der Waals surface area contributed by atoms with Crippen molar-refractivity contribution in [2.45, 2.75) is 0 Å². The molecular formula is C9H9N3O2. The number of aromatic nitrogens is 1. The van der Waals surface area contributed by atoms with Crippen LogP contribution in [0.3, 0.4) is 0 Å². The highest BCUT2D eigenvalue weighted by Gasteiger charge is 2.10. The monoisotopic (exact) mass is 191 g/mol. The van der Waals surface area contributed by atoms with Crippen LogP contribution in [0.15, 0.2) is 18.5 Å². The first-order valence-corrected chi connectivity index (χ1v) is 3.92. The topological polar surface area (TPSA) is 75.0 Å². The van der Waals surface area contributed by atoms with Crippen molar-refractivity contribution >= 4 is 5.91 Å². The fraction of sp³-hybridized carbons (Fsp3) is 0.222. The van der Waals surface area contributed by atoms with Gasteiger partial charge in [0.15, 0.2) is 0 Å². The van der Waals surface area contributed by atoms with E-state index in [-0.39, 0.29) is 12.5 Å². The summed E-state index contributed by atoms with van der Waals surface area (Å²) in [5, 5.41) is 10.7. The Morgan fingerprint density at radius 2 is 2.57 bits per heavy atom. The normalized spacial score (nSPS) is 8.86. The minimum absolute atomic E-state index is 0.0235. The first-order valence-electron chi connectivity index (χ1n) is 3.92. The van der Waals surface area contributed by atoms with Gasteiger partial charge in [0.25, 0.3) is 5.91 Å². The molecule has 14 heavy (non-hydrogen) atoms. The summed E-state index contributed by atoms with van der Waals surface area (Å²) >= 11 is 0. The molecule has 5 heteroatoms. The van der Waals surface area contributed by atoms with Gasteiger partial charge in [-0.05, 0) is 6.07 Å². The third-order valence-corrected chi connectivity index (χ3v) is 1.58. The molecule has 1 heterocycles. The molecule has 0 saturated carbocycles. The fourth-order valence-corrected chi connectivity index (χ4v) is 0.945. The number of carbonyl (C=O) groups is 1. The quantitative estimate of drug-likeness (QED) is 0.699. The minimum Gasteiger partial charge on any atom is -0.494 e. The molecule has 0 spiro atoms. The van der Waals surface area contributed by atoms with Gasteiger partial charge in [-0.2, -0.15) is 5.26 Å². The van der Waals surface area contributed by atoms with Crippen LogP contribution in [0.5, 0.6) is 5.75 Å². The summed E-state index contributed by atoms with van der Waals surface area (Å²) in [5.41, 5.74) is 0.373. The average molecular weight is 191 g/mol. The molecule has 0 saturated heterocycles. The van der Waals surface area contributed by atoms with Gasteiger partial charge in [0.1, 0.15) is 12.3 Å². The molecule has 0 fully saturated rings. The van der Waals surface area contributed by atoms with Gasteiger partial charge in [-0.3, -0.25) is 9.78 Å². The molecular weight excluding hydrogens is 182 g/mol. The van der Waals surface area contributed by atoms with E-state index < -0.39 is 0 Å². The fourth-order valence-electron chi connectivity index (χ4n) is 0.945. The van der Waals surface area contributed by atoms with Gasteiger partial charge in [-0.25, -0.2) is 0 Å². The molecule has 1 aromatic heterocycles. The summed E-state index contributed by atoms with van der Waals surface area (Å²) in [6, 6.07) is 3.35. The van der Waals surface area contributed by atoms with E-state index >= 15 is 0 Å². The Kier molecular flexibility index (Phi) is 3.44. The second-order valence-corrected chi connectivity index (χ2v) is 2.42. The zero-order chi connectivity index (χ0) is 10.4. The van der Waals surface area contributed by atoms with Crippen LogP contribution in [0.25, 0.3) is 0 Å². The molecule has 0 atom stereocenters. The van der Waals surface area contributed by atoms with E-state index in [2.05, 4.69) is 10.3 Å². The summed E-state index contributed by atoms with van der Waals surface area (Å²) in [6.07, 6.45) is 2.94. The molecule has 0 bridgehead atoms. The number of hydrogen-bond acceptors (Lipinski definition) is 4. The standard InChI is InChI=1S/C9H9N3O2/c1-14-8-6-11-4-2-7(8)9(13)12-5-3-10/h2,4,6H,5H2,1H3,(H,12,13). The van der Waals surface area contributed by atoms with Crippen molar-refractivity contribution < 1.29 is 9.53 Å². The van der Waals surface area contributed by atoms with Gasteiger partial charge < -0.3 is 10.1 Å². The Hall–Kier alpha value is -2.09. The van der Waals surface area contributed by atoms with Crippen molar-refractivity contribution in [1.29, 1.82) is 5.26 Å². The maximum Gasteiger partial charge on any atom is 0.255 e. The van der Waals surface area contributed by atoms with Gasteiger partial charge in [0.2, 0.25) is 0 Å². The third-order valence-electron chi connectivity index (χ3n) is 1.58. The van der Waals surface area contributed by atoms with E-state index in [1.807, 2.05) is 6.07 Å². The van der Waals surface area contributed by atoms with Gasteiger partial charge >= 0.3 is 0 Å². The highest BCUT2D eigenvalue weighted by atomic mass is 16.5. The smallest absolute Gasteiger partial charge is 0.255 e. The predicted octanol–water partition coefficient (Wildman–Crippen LogP) is 0.344. The van der Waals surface area contributed by atoms with E-state index in [4.69, 9.17) is 10.00 Å². The molecule has 1 aromatic rings. The first kappa shape index (κ1) is 9.99. The molecule has 0 aliphatic carbocycles. The highest BCUT2D eigenvalue weighted by Crippen LogP contribution is 2.14. The van der Waals surface area contributed by atoms with Gasteiger partial charge in [0, 0.05) is 6.20 Å². The lowest BCUT2D eigenvalue weighted by molar-refractivity contribution is 0.0955. The van der Waals surface area contributed by atoms with Crippen LogP contribution in [-0.4, -0.2) is 24.5 Å². The number of rotatable bonds is 3. The number of methoxy groups -OCH3 is 1. The van der Waals surface area contributed by atoms with Gasteiger partial charge in [-0.1, -0.05) is 0 Å². The van der Waals surface area contributed by atoms with Gasteiger partial charge in [-0.15, -0.1) is 0 Å². The summed E-state index contributed by atoms with van der Waals surface area (Å²) in [5.74, 6) is 0.0498. The third kappa shape index (κ3) is 2.20.